The number of rotatable bonds is 16. The molecule has 3 amide bonds. The molecule has 258 valence electrons. The van der Waals surface area contributed by atoms with Gasteiger partial charge in [-0.25, -0.2) is 9.59 Å². The van der Waals surface area contributed by atoms with E-state index in [1.807, 2.05) is 6.08 Å². The zero-order chi connectivity index (χ0) is 34.2. The molecule has 3 fully saturated rings. The normalized spacial score (nSPS) is 24.6. The van der Waals surface area contributed by atoms with E-state index in [2.05, 4.69) is 39.7 Å². The number of benzene rings is 1. The molecule has 1 heterocycles. The second-order valence-electron chi connectivity index (χ2n) is 12.3. The molecule has 1 saturated heterocycles. The van der Waals surface area contributed by atoms with Crippen LogP contribution in [0.3, 0.4) is 0 Å². The summed E-state index contributed by atoms with van der Waals surface area (Å²) in [4.78, 5) is 54.8. The lowest BCUT2D eigenvalue weighted by atomic mass is 10.0. The Kier molecular flexibility index (Phi) is 12.7. The number of ether oxygens (including phenoxy) is 2. The van der Waals surface area contributed by atoms with E-state index in [1.165, 1.54) is 24.1 Å². The van der Waals surface area contributed by atoms with Crippen molar-refractivity contribution >= 4 is 49.9 Å². The topological polar surface area (TPSA) is 157 Å². The number of carbonyl (C=O) groups excluding carboxylic acids is 4. The van der Waals surface area contributed by atoms with Gasteiger partial charge in [-0.15, -0.1) is 13.2 Å². The molecule has 2 aliphatic carbocycles. The van der Waals surface area contributed by atoms with E-state index in [0.717, 1.165) is 44.9 Å². The quantitative estimate of drug-likeness (QED) is 0.108. The summed E-state index contributed by atoms with van der Waals surface area (Å²) < 4.78 is 43.1. The van der Waals surface area contributed by atoms with E-state index in [1.54, 1.807) is 18.2 Å². The first-order valence-electron chi connectivity index (χ1n) is 16.0. The molecule has 3 aliphatic rings. The zero-order valence-electron chi connectivity index (χ0n) is 26.7. The van der Waals surface area contributed by atoms with Gasteiger partial charge in [0.15, 0.2) is 0 Å². The number of nitrogens with one attached hydrogen (secondary N) is 2. The molecule has 12 nitrogen and oxygen atoms in total. The van der Waals surface area contributed by atoms with Crippen LogP contribution in [0.25, 0.3) is 0 Å². The van der Waals surface area contributed by atoms with E-state index in [0.29, 0.717) is 10.9 Å². The molecule has 47 heavy (non-hydrogen) atoms. The standard InChI is InChI=1S/C33H44BrN3O9S/c1-4-6-7-8-9-14-27(35-32(41)45-24-12-10-11-13-24)30(39)37-21-25(46-47(42,43)26-17-15-23(34)16-18-26)19-28(37)29(38)36-33(31(40)44-3)20-22(33)5-2/h4-5,15-18,22,24-25,27-28H,1-2,6-14,19-21H2,3H3,(H,35,41)(H,36,38)/t22-,25-,27-,28-,33-/m1/s1. The van der Waals surface area contributed by atoms with Crippen LogP contribution in [0.1, 0.15) is 70.6 Å². The Morgan fingerprint density at radius 2 is 1.79 bits per heavy atom. The molecule has 1 aromatic carbocycles. The first kappa shape index (κ1) is 36.6. The number of hydrogen-bond donors (Lipinski definition) is 2. The van der Waals surface area contributed by atoms with Crippen LogP contribution < -0.4 is 10.6 Å². The number of nitrogens with zero attached hydrogens (tertiary/aromatic N) is 1. The number of halogens is 1. The van der Waals surface area contributed by atoms with Crippen molar-refractivity contribution in [3.8, 4) is 0 Å². The van der Waals surface area contributed by atoms with Crippen molar-refractivity contribution in [1.82, 2.24) is 15.5 Å². The van der Waals surface area contributed by atoms with Gasteiger partial charge in [0.05, 0.1) is 18.1 Å². The van der Waals surface area contributed by atoms with Gasteiger partial charge in [0, 0.05) is 23.4 Å². The van der Waals surface area contributed by atoms with E-state index in [-0.39, 0.29) is 42.7 Å². The van der Waals surface area contributed by atoms with Crippen molar-refractivity contribution in [1.29, 1.82) is 0 Å². The van der Waals surface area contributed by atoms with Gasteiger partial charge in [-0.2, -0.15) is 8.42 Å². The zero-order valence-corrected chi connectivity index (χ0v) is 29.1. The maximum absolute atomic E-state index is 14.2. The van der Waals surface area contributed by atoms with Crippen LogP contribution in [0, 0.1) is 5.92 Å². The molecule has 1 aromatic rings. The summed E-state index contributed by atoms with van der Waals surface area (Å²) in [5.41, 5.74) is -1.33. The van der Waals surface area contributed by atoms with Gasteiger partial charge in [0.2, 0.25) is 11.8 Å². The summed E-state index contributed by atoms with van der Waals surface area (Å²) in [6.45, 7) is 7.23. The first-order chi connectivity index (χ1) is 22.4. The Morgan fingerprint density at radius 1 is 1.09 bits per heavy atom. The van der Waals surface area contributed by atoms with Crippen molar-refractivity contribution < 1.29 is 41.3 Å². The fraction of sp³-hybridized carbons (Fsp3) is 0.576. The van der Waals surface area contributed by atoms with E-state index in [4.69, 9.17) is 13.7 Å². The Bertz CT molecular complexity index is 1430. The number of alkyl carbamates (subject to hydrolysis) is 1. The highest BCUT2D eigenvalue weighted by atomic mass is 79.9. The Balaban J connectivity index is 1.57. The van der Waals surface area contributed by atoms with Gasteiger partial charge in [-0.1, -0.05) is 40.9 Å². The first-order valence-corrected chi connectivity index (χ1v) is 18.2. The highest BCUT2D eigenvalue weighted by Gasteiger charge is 2.62. The van der Waals surface area contributed by atoms with Crippen molar-refractivity contribution in [2.75, 3.05) is 13.7 Å². The van der Waals surface area contributed by atoms with Crippen molar-refractivity contribution in [3.63, 3.8) is 0 Å². The van der Waals surface area contributed by atoms with Crippen molar-refractivity contribution in [2.24, 2.45) is 5.92 Å². The number of likely N-dealkylation sites (tertiary alicyclic amines) is 1. The minimum atomic E-state index is -4.26. The average molecular weight is 739 g/mol. The molecule has 1 aliphatic heterocycles. The highest BCUT2D eigenvalue weighted by Crippen LogP contribution is 2.45. The van der Waals surface area contributed by atoms with E-state index >= 15 is 0 Å². The summed E-state index contributed by atoms with van der Waals surface area (Å²) in [5, 5.41) is 5.47. The minimum Gasteiger partial charge on any atom is -0.467 e. The summed E-state index contributed by atoms with van der Waals surface area (Å²) in [5.74, 6) is -2.26. The number of allylic oxidation sites excluding steroid dienone is 1. The average Bonchev–Trinajstić information content (AvgIpc) is 3.31. The number of amides is 3. The summed E-state index contributed by atoms with van der Waals surface area (Å²) >= 11 is 3.28. The molecular formula is C33H44BrN3O9S. The van der Waals surface area contributed by atoms with Gasteiger partial charge >= 0.3 is 12.1 Å². The van der Waals surface area contributed by atoms with Crippen molar-refractivity contribution in [2.45, 2.75) is 105 Å². The third kappa shape index (κ3) is 9.23. The molecule has 0 unspecified atom stereocenters. The lowest BCUT2D eigenvalue weighted by Crippen LogP contribution is -2.56. The molecular weight excluding hydrogens is 694 g/mol. The molecule has 0 aromatic heterocycles. The van der Waals surface area contributed by atoms with Crippen LogP contribution in [-0.2, 0) is 38.2 Å². The maximum atomic E-state index is 14.2. The molecule has 0 radical (unpaired) electrons. The monoisotopic (exact) mass is 737 g/mol. The number of unbranched alkanes of at least 4 members (excludes halogenated alkanes) is 3. The van der Waals surface area contributed by atoms with Gasteiger partial charge in [0.1, 0.15) is 23.7 Å². The second-order valence-corrected chi connectivity index (χ2v) is 14.8. The summed E-state index contributed by atoms with van der Waals surface area (Å²) in [6, 6.07) is 3.64. The number of hydrogen-bond acceptors (Lipinski definition) is 9. The van der Waals surface area contributed by atoms with Crippen LogP contribution in [0.5, 0.6) is 0 Å². The summed E-state index contributed by atoms with van der Waals surface area (Å²) in [6.07, 6.45) is 8.18. The van der Waals surface area contributed by atoms with Gasteiger partial charge in [-0.05, 0) is 75.6 Å². The van der Waals surface area contributed by atoms with Gasteiger partial charge in [-0.3, -0.25) is 13.8 Å². The van der Waals surface area contributed by atoms with Crippen molar-refractivity contribution in [3.05, 3.63) is 54.0 Å². The maximum Gasteiger partial charge on any atom is 0.408 e. The number of carbonyl (C=O) groups is 4. The molecule has 0 bridgehead atoms. The van der Waals surface area contributed by atoms with E-state index < -0.39 is 57.7 Å². The molecule has 2 N–H and O–H groups in total. The van der Waals surface area contributed by atoms with Crippen LogP contribution >= 0.6 is 15.9 Å². The fourth-order valence-corrected chi connectivity index (χ4v) is 7.63. The van der Waals surface area contributed by atoms with Crippen LogP contribution in [0.4, 0.5) is 4.79 Å². The predicted octanol–water partition coefficient (Wildman–Crippen LogP) is 4.53. The molecule has 0 spiro atoms. The number of methoxy groups -OCH3 is 1. The SMILES string of the molecule is C=CCCCCC[C@@H](NC(=O)OC1CCCC1)C(=O)N1C[C@H](OS(=O)(=O)c2ccc(Br)cc2)C[C@@H]1C(=O)N[C@]1(C(=O)OC)C[C@H]1C=C. The Hall–Kier alpha value is -3.23. The van der Waals surface area contributed by atoms with E-state index in [9.17, 15) is 27.6 Å². The van der Waals surface area contributed by atoms with Gasteiger partial charge in [0.25, 0.3) is 10.1 Å². The Morgan fingerprint density at radius 3 is 2.40 bits per heavy atom. The smallest absolute Gasteiger partial charge is 0.408 e. The molecule has 14 heteroatoms. The lowest BCUT2D eigenvalue weighted by Gasteiger charge is -2.29. The minimum absolute atomic E-state index is 0.0864. The fourth-order valence-electron chi connectivity index (χ4n) is 6.29. The third-order valence-electron chi connectivity index (χ3n) is 8.98. The lowest BCUT2D eigenvalue weighted by molar-refractivity contribution is -0.148. The largest absolute Gasteiger partial charge is 0.467 e. The molecule has 4 rings (SSSR count). The Labute approximate surface area is 284 Å². The van der Waals surface area contributed by atoms with Gasteiger partial charge < -0.3 is 25.0 Å². The molecule has 2 saturated carbocycles. The van der Waals surface area contributed by atoms with Crippen LogP contribution in [0.2, 0.25) is 0 Å². The third-order valence-corrected chi connectivity index (χ3v) is 10.9. The predicted molar refractivity (Wildman–Crippen MR) is 176 cm³/mol. The second kappa shape index (κ2) is 16.2. The number of esters is 1. The molecule has 5 atom stereocenters. The van der Waals surface area contributed by atoms with Crippen LogP contribution in [0.15, 0.2) is 58.9 Å². The van der Waals surface area contributed by atoms with Crippen LogP contribution in [-0.4, -0.2) is 80.7 Å². The highest BCUT2D eigenvalue weighted by molar-refractivity contribution is 9.10. The summed E-state index contributed by atoms with van der Waals surface area (Å²) in [7, 11) is -3.05.